The number of carbonyl (C=O) groups excluding carboxylic acids is 1. The molecule has 0 aromatic carbocycles. The van der Waals surface area contributed by atoms with Gasteiger partial charge in [0.1, 0.15) is 0 Å². The van der Waals surface area contributed by atoms with Gasteiger partial charge in [-0.3, -0.25) is 4.79 Å². The number of aliphatic hydroxyl groups excluding tert-OH is 1. The molecule has 0 spiro atoms. The topological polar surface area (TPSA) is 46.5 Å². The molecule has 0 saturated heterocycles. The van der Waals surface area contributed by atoms with E-state index in [0.717, 1.165) is 6.92 Å². The quantitative estimate of drug-likeness (QED) is 0.201. The van der Waals surface area contributed by atoms with Crippen molar-refractivity contribution in [1.29, 1.82) is 0 Å². The highest BCUT2D eigenvalue weighted by molar-refractivity contribution is 5.65. The zero-order valence-electron chi connectivity index (χ0n) is 19.7. The van der Waals surface area contributed by atoms with Crippen LogP contribution in [0.25, 0.3) is 0 Å². The lowest BCUT2D eigenvalue weighted by Crippen LogP contribution is -2.55. The van der Waals surface area contributed by atoms with Crippen molar-refractivity contribution in [1.82, 2.24) is 0 Å². The number of aliphatic hydroxyl groups is 1. The molecule has 0 heterocycles. The smallest absolute Gasteiger partial charge is 0.431 e. The highest BCUT2D eigenvalue weighted by atomic mass is 19.4. The van der Waals surface area contributed by atoms with Crippen LogP contribution >= 0.6 is 0 Å². The van der Waals surface area contributed by atoms with Crippen LogP contribution in [0.5, 0.6) is 0 Å². The van der Waals surface area contributed by atoms with E-state index >= 15 is 0 Å². The molecule has 0 aromatic rings. The molecule has 0 aromatic heterocycles. The predicted molar refractivity (Wildman–Crippen MR) is 93.2 cm³/mol. The van der Waals surface area contributed by atoms with Crippen LogP contribution in [-0.4, -0.2) is 72.7 Å². The summed E-state index contributed by atoms with van der Waals surface area (Å²) >= 11 is 0. The zero-order valence-corrected chi connectivity index (χ0v) is 19.7. The molecule has 0 rings (SSSR count). The van der Waals surface area contributed by atoms with Crippen LogP contribution in [-0.2, 0) is 9.53 Å². The first-order valence-corrected chi connectivity index (χ1v) is 10.2. The summed E-state index contributed by atoms with van der Waals surface area (Å²) in [6.45, 7) is -1.64. The minimum atomic E-state index is -6.57. The van der Waals surface area contributed by atoms with Crippen LogP contribution in [0.15, 0.2) is 0 Å². The first-order valence-electron chi connectivity index (χ1n) is 10.2. The number of carbonyl (C=O) groups is 1. The monoisotopic (exact) mass is 662 g/mol. The number of ether oxygens (including phenoxy) is 1. The number of alkyl halides is 20. The van der Waals surface area contributed by atoms with Crippen LogP contribution in [0.2, 0.25) is 0 Å². The Kier molecular flexibility index (Phi) is 13.6. The van der Waals surface area contributed by atoms with E-state index in [1.165, 1.54) is 0 Å². The van der Waals surface area contributed by atoms with Crippen LogP contribution in [0, 0.1) is 11.8 Å². The minimum absolute atomic E-state index is 0.771. The summed E-state index contributed by atoms with van der Waals surface area (Å²) in [5.41, 5.74) is -12.0. The van der Waals surface area contributed by atoms with Crippen molar-refractivity contribution in [3.05, 3.63) is 0 Å². The number of hydrogen-bond donors (Lipinski definition) is 1. The molecule has 0 aliphatic rings. The molecular weight excluding hydrogens is 644 g/mol. The number of esters is 1. The molecule has 23 heteroatoms. The number of hydrogen-bond acceptors (Lipinski definition) is 3. The summed E-state index contributed by atoms with van der Waals surface area (Å²) in [4.78, 5) is 10.3. The molecule has 41 heavy (non-hydrogen) atoms. The second-order valence-electron chi connectivity index (χ2n) is 8.12. The fourth-order valence-corrected chi connectivity index (χ4v) is 2.73. The van der Waals surface area contributed by atoms with Gasteiger partial charge in [0.05, 0.1) is 18.4 Å². The maximum absolute atomic E-state index is 13.3. The van der Waals surface area contributed by atoms with E-state index in [2.05, 4.69) is 4.74 Å². The molecular formula is C18H18F20O3. The molecule has 0 aliphatic carbocycles. The van der Waals surface area contributed by atoms with E-state index in [9.17, 15) is 92.6 Å². The molecule has 3 nitrogen and oxygen atoms in total. The Hall–Kier alpha value is -1.97. The summed E-state index contributed by atoms with van der Waals surface area (Å²) in [6.07, 6.45) is -45.9. The van der Waals surface area contributed by atoms with Crippen molar-refractivity contribution in [3.8, 4) is 0 Å². The number of halogens is 20. The Morgan fingerprint density at radius 1 is 0.561 bits per heavy atom. The largest absolute Gasteiger partial charge is 0.466 e. The van der Waals surface area contributed by atoms with Crippen LogP contribution in [0.1, 0.15) is 32.6 Å². The Morgan fingerprint density at radius 2 is 0.829 bits per heavy atom. The summed E-state index contributed by atoms with van der Waals surface area (Å²) < 4.78 is 250. The van der Waals surface area contributed by atoms with Gasteiger partial charge in [0.2, 0.25) is 0 Å². The number of rotatable bonds is 9. The molecule has 0 aliphatic heterocycles. The standard InChI is InChI=1S/C10H10F10O2.C8H8F10O/c1-5(21)22-3-2-6(8(12,13)14)4-7(11,9(15,16)17)10(18,19)20;9-5(7(13,14)15,8(16,17)18)3-4(1-2-19)6(10,11)12/h6H,2-4H2,1H3;4,19H,1-3H2. The first kappa shape index (κ1) is 41.2. The fourth-order valence-electron chi connectivity index (χ4n) is 2.73. The molecule has 2 atom stereocenters. The van der Waals surface area contributed by atoms with Crippen LogP contribution in [0.4, 0.5) is 87.8 Å². The van der Waals surface area contributed by atoms with E-state index in [1.54, 1.807) is 0 Å². The van der Waals surface area contributed by atoms with E-state index in [-0.39, 0.29) is 0 Å². The van der Waals surface area contributed by atoms with Gasteiger partial charge in [-0.1, -0.05) is 0 Å². The van der Waals surface area contributed by atoms with Crippen molar-refractivity contribution in [3.63, 3.8) is 0 Å². The van der Waals surface area contributed by atoms with E-state index in [1.807, 2.05) is 0 Å². The van der Waals surface area contributed by atoms with Gasteiger partial charge in [-0.15, -0.1) is 0 Å². The predicted octanol–water partition coefficient (Wildman–Crippen LogP) is 8.11. The van der Waals surface area contributed by atoms with Gasteiger partial charge >= 0.3 is 43.0 Å². The Balaban J connectivity index is 0. The molecule has 0 bridgehead atoms. The van der Waals surface area contributed by atoms with Crippen molar-refractivity contribution in [2.75, 3.05) is 13.2 Å². The lowest BCUT2D eigenvalue weighted by atomic mass is 9.88. The van der Waals surface area contributed by atoms with Gasteiger partial charge in [-0.2, -0.15) is 79.0 Å². The van der Waals surface area contributed by atoms with Gasteiger partial charge in [0, 0.05) is 26.4 Å². The van der Waals surface area contributed by atoms with Crippen LogP contribution in [0.3, 0.4) is 0 Å². The molecule has 248 valence electrons. The van der Waals surface area contributed by atoms with Crippen molar-refractivity contribution < 1.29 is 102 Å². The highest BCUT2D eigenvalue weighted by Crippen LogP contribution is 2.53. The van der Waals surface area contributed by atoms with Gasteiger partial charge < -0.3 is 9.84 Å². The lowest BCUT2D eigenvalue weighted by Gasteiger charge is -2.33. The third-order valence-electron chi connectivity index (χ3n) is 5.03. The van der Waals surface area contributed by atoms with Gasteiger partial charge in [0.15, 0.2) is 0 Å². The third kappa shape index (κ3) is 11.7. The first-order chi connectivity index (χ1) is 17.7. The average molecular weight is 662 g/mol. The zero-order chi connectivity index (χ0) is 33.7. The molecule has 0 radical (unpaired) electrons. The van der Waals surface area contributed by atoms with E-state index in [0.29, 0.717) is 0 Å². The minimum Gasteiger partial charge on any atom is -0.466 e. The highest BCUT2D eigenvalue weighted by Gasteiger charge is 2.74. The van der Waals surface area contributed by atoms with E-state index in [4.69, 9.17) is 5.11 Å². The normalized spacial score (nSPS) is 16.0. The average Bonchev–Trinajstić information content (AvgIpc) is 2.67. The summed E-state index contributed by atoms with van der Waals surface area (Å²) in [7, 11) is 0. The Morgan fingerprint density at radius 3 is 1.02 bits per heavy atom. The van der Waals surface area contributed by atoms with Crippen molar-refractivity contribution in [2.45, 2.75) is 81.0 Å². The SMILES string of the molecule is CC(=O)OCCC(CC(F)(C(F)(F)F)C(F)(F)F)C(F)(F)F.OCCC(CC(F)(C(F)(F)F)C(F)(F)F)C(F)(F)F. The summed E-state index contributed by atoms with van der Waals surface area (Å²) in [6, 6.07) is 0. The summed E-state index contributed by atoms with van der Waals surface area (Å²) in [5.74, 6) is -7.63. The Labute approximate surface area is 215 Å². The van der Waals surface area contributed by atoms with Crippen LogP contribution < -0.4 is 0 Å². The summed E-state index contributed by atoms with van der Waals surface area (Å²) in [5, 5.41) is 8.22. The molecule has 0 fully saturated rings. The molecule has 1 N–H and O–H groups in total. The second-order valence-corrected chi connectivity index (χ2v) is 8.12. The third-order valence-corrected chi connectivity index (χ3v) is 5.03. The maximum atomic E-state index is 13.3. The molecule has 2 unspecified atom stereocenters. The van der Waals surface area contributed by atoms with Crippen molar-refractivity contribution >= 4 is 5.97 Å². The van der Waals surface area contributed by atoms with E-state index < -0.39 is 105 Å². The second kappa shape index (κ2) is 13.6. The maximum Gasteiger partial charge on any atom is 0.431 e. The molecule has 0 amide bonds. The van der Waals surface area contributed by atoms with Gasteiger partial charge in [-0.05, 0) is 12.8 Å². The van der Waals surface area contributed by atoms with Crippen molar-refractivity contribution in [2.24, 2.45) is 11.8 Å². The lowest BCUT2D eigenvalue weighted by molar-refractivity contribution is -0.353. The molecule has 0 saturated carbocycles. The van der Waals surface area contributed by atoms with Gasteiger partial charge in [0.25, 0.3) is 11.3 Å². The van der Waals surface area contributed by atoms with Gasteiger partial charge in [-0.25, -0.2) is 8.78 Å². The Bertz CT molecular complexity index is 773. The fraction of sp³-hybridized carbons (Fsp3) is 0.944.